The zero-order valence-corrected chi connectivity index (χ0v) is 10.9. The number of aromatic nitrogens is 2. The first-order chi connectivity index (χ1) is 9.28. The van der Waals surface area contributed by atoms with Gasteiger partial charge in [-0.3, -0.25) is 4.79 Å². The highest BCUT2D eigenvalue weighted by Crippen LogP contribution is 2.30. The third kappa shape index (κ3) is 2.26. The van der Waals surface area contributed by atoms with E-state index in [-0.39, 0.29) is 17.9 Å². The molecule has 1 N–H and O–H groups in total. The van der Waals surface area contributed by atoms with Gasteiger partial charge in [-0.25, -0.2) is 4.68 Å². The van der Waals surface area contributed by atoms with Crippen molar-refractivity contribution in [1.29, 1.82) is 0 Å². The molecule has 1 aromatic heterocycles. The molecule has 4 heteroatoms. The van der Waals surface area contributed by atoms with Crippen LogP contribution in [0.2, 0.25) is 0 Å². The Morgan fingerprint density at radius 3 is 2.89 bits per heavy atom. The molecule has 0 saturated carbocycles. The van der Waals surface area contributed by atoms with Crippen LogP contribution < -0.4 is 5.32 Å². The second-order valence-corrected chi connectivity index (χ2v) is 4.95. The van der Waals surface area contributed by atoms with Gasteiger partial charge in [-0.05, 0) is 24.1 Å². The van der Waals surface area contributed by atoms with Gasteiger partial charge in [0.05, 0.1) is 11.9 Å². The molecule has 2 atom stereocenters. The van der Waals surface area contributed by atoms with Crippen molar-refractivity contribution in [2.75, 3.05) is 0 Å². The number of para-hydroxylation sites is 1. The Labute approximate surface area is 112 Å². The number of nitrogens with one attached hydrogen (secondary N) is 1. The van der Waals surface area contributed by atoms with E-state index in [9.17, 15) is 4.79 Å². The van der Waals surface area contributed by atoms with E-state index in [1.165, 1.54) is 0 Å². The summed E-state index contributed by atoms with van der Waals surface area (Å²) in [6, 6.07) is 10.2. The van der Waals surface area contributed by atoms with E-state index in [0.717, 1.165) is 17.7 Å². The molecule has 0 bridgehead atoms. The van der Waals surface area contributed by atoms with Gasteiger partial charge in [-0.15, -0.1) is 0 Å². The zero-order chi connectivity index (χ0) is 13.2. The first kappa shape index (κ1) is 12.0. The quantitative estimate of drug-likeness (QED) is 0.914. The van der Waals surface area contributed by atoms with Crippen LogP contribution in [0.4, 0.5) is 0 Å². The Morgan fingerprint density at radius 2 is 2.16 bits per heavy atom. The van der Waals surface area contributed by atoms with Crippen LogP contribution >= 0.6 is 0 Å². The number of carbonyl (C=O) groups is 1. The van der Waals surface area contributed by atoms with Crippen molar-refractivity contribution in [2.24, 2.45) is 0 Å². The second-order valence-electron chi connectivity index (χ2n) is 4.95. The molecule has 1 aliphatic rings. The summed E-state index contributed by atoms with van der Waals surface area (Å²) in [6.45, 7) is 2.10. The van der Waals surface area contributed by atoms with Crippen LogP contribution in [0, 0.1) is 0 Å². The molecule has 2 unspecified atom stereocenters. The van der Waals surface area contributed by atoms with E-state index in [2.05, 4.69) is 17.3 Å². The van der Waals surface area contributed by atoms with Crippen LogP contribution in [0.25, 0.3) is 5.69 Å². The average molecular weight is 255 g/mol. The smallest absolute Gasteiger partial charge is 0.220 e. The number of benzene rings is 1. The fourth-order valence-electron chi connectivity index (χ4n) is 2.70. The summed E-state index contributed by atoms with van der Waals surface area (Å²) in [4.78, 5) is 11.5. The molecular weight excluding hydrogens is 238 g/mol. The number of carbonyl (C=O) groups excluding carboxylic acids is 1. The number of nitrogens with zero attached hydrogens (tertiary/aromatic N) is 2. The monoisotopic (exact) mass is 255 g/mol. The fourth-order valence-corrected chi connectivity index (χ4v) is 2.70. The highest BCUT2D eigenvalue weighted by molar-refractivity contribution is 5.80. The molecule has 1 fully saturated rings. The van der Waals surface area contributed by atoms with Gasteiger partial charge in [0.25, 0.3) is 0 Å². The minimum Gasteiger partial charge on any atom is -0.353 e. The molecule has 4 nitrogen and oxygen atoms in total. The number of hydrogen-bond donors (Lipinski definition) is 1. The van der Waals surface area contributed by atoms with E-state index >= 15 is 0 Å². The summed E-state index contributed by atoms with van der Waals surface area (Å²) in [5.41, 5.74) is 2.17. The summed E-state index contributed by atoms with van der Waals surface area (Å²) in [5, 5.41) is 7.43. The summed E-state index contributed by atoms with van der Waals surface area (Å²) in [6.07, 6.45) is 5.43. The van der Waals surface area contributed by atoms with Gasteiger partial charge in [0, 0.05) is 24.6 Å². The number of amides is 1. The zero-order valence-electron chi connectivity index (χ0n) is 10.9. The maximum atomic E-state index is 11.5. The minimum absolute atomic E-state index is 0.143. The van der Waals surface area contributed by atoms with E-state index in [1.54, 1.807) is 0 Å². The molecule has 3 rings (SSSR count). The molecule has 1 aliphatic heterocycles. The van der Waals surface area contributed by atoms with Crippen LogP contribution in [0.1, 0.15) is 31.2 Å². The van der Waals surface area contributed by atoms with Crippen molar-refractivity contribution in [3.63, 3.8) is 0 Å². The number of hydrogen-bond acceptors (Lipinski definition) is 2. The highest BCUT2D eigenvalue weighted by atomic mass is 16.2. The fraction of sp³-hybridized carbons (Fsp3) is 0.333. The molecule has 2 heterocycles. The van der Waals surface area contributed by atoms with Gasteiger partial charge >= 0.3 is 0 Å². The van der Waals surface area contributed by atoms with Gasteiger partial charge < -0.3 is 5.32 Å². The van der Waals surface area contributed by atoms with Gasteiger partial charge in [0.15, 0.2) is 0 Å². The average Bonchev–Trinajstić information content (AvgIpc) is 3.05. The first-order valence-electron chi connectivity index (χ1n) is 6.67. The van der Waals surface area contributed by atoms with Gasteiger partial charge in [-0.1, -0.05) is 25.1 Å². The minimum atomic E-state index is 0.143. The standard InChI is InChI=1S/C15H17N3O/c1-2-14-13(8-15(19)17-14)11-9-16-18(10-11)12-6-4-3-5-7-12/h3-7,9-10,13-14H,2,8H2,1H3,(H,17,19). The molecule has 1 aromatic carbocycles. The highest BCUT2D eigenvalue weighted by Gasteiger charge is 2.32. The Balaban J connectivity index is 1.87. The maximum Gasteiger partial charge on any atom is 0.220 e. The molecule has 0 aliphatic carbocycles. The van der Waals surface area contributed by atoms with Crippen LogP contribution in [-0.4, -0.2) is 21.7 Å². The molecule has 1 amide bonds. The molecule has 1 saturated heterocycles. The Bertz CT molecular complexity index is 576. The molecule has 0 spiro atoms. The summed E-state index contributed by atoms with van der Waals surface area (Å²) in [5.74, 6) is 0.388. The van der Waals surface area contributed by atoms with Gasteiger partial charge in [0.2, 0.25) is 5.91 Å². The lowest BCUT2D eigenvalue weighted by Crippen LogP contribution is -2.27. The van der Waals surface area contributed by atoms with Crippen LogP contribution in [0.5, 0.6) is 0 Å². The summed E-state index contributed by atoms with van der Waals surface area (Å²) < 4.78 is 1.87. The van der Waals surface area contributed by atoms with Gasteiger partial charge in [0.1, 0.15) is 0 Å². The summed E-state index contributed by atoms with van der Waals surface area (Å²) >= 11 is 0. The Kier molecular flexibility index (Phi) is 3.07. The Morgan fingerprint density at radius 1 is 1.37 bits per heavy atom. The largest absolute Gasteiger partial charge is 0.353 e. The van der Waals surface area contributed by atoms with Crippen LogP contribution in [0.15, 0.2) is 42.7 Å². The van der Waals surface area contributed by atoms with Crippen molar-refractivity contribution in [3.8, 4) is 5.69 Å². The maximum absolute atomic E-state index is 11.5. The number of rotatable bonds is 3. The predicted molar refractivity (Wildman–Crippen MR) is 73.1 cm³/mol. The lowest BCUT2D eigenvalue weighted by atomic mass is 9.93. The van der Waals surface area contributed by atoms with Crippen molar-refractivity contribution < 1.29 is 4.79 Å². The van der Waals surface area contributed by atoms with Crippen LogP contribution in [0.3, 0.4) is 0 Å². The molecule has 19 heavy (non-hydrogen) atoms. The summed E-state index contributed by atoms with van der Waals surface area (Å²) in [7, 11) is 0. The van der Waals surface area contributed by atoms with E-state index in [0.29, 0.717) is 6.42 Å². The predicted octanol–water partition coefficient (Wildman–Crippen LogP) is 2.25. The molecule has 0 radical (unpaired) electrons. The van der Waals surface area contributed by atoms with Crippen molar-refractivity contribution >= 4 is 5.91 Å². The SMILES string of the molecule is CCC1NC(=O)CC1c1cnn(-c2ccccc2)c1. The topological polar surface area (TPSA) is 46.9 Å². The Hall–Kier alpha value is -2.10. The van der Waals surface area contributed by atoms with E-state index < -0.39 is 0 Å². The third-order valence-electron chi connectivity index (χ3n) is 3.73. The van der Waals surface area contributed by atoms with Crippen molar-refractivity contribution in [1.82, 2.24) is 15.1 Å². The van der Waals surface area contributed by atoms with Crippen molar-refractivity contribution in [3.05, 3.63) is 48.3 Å². The van der Waals surface area contributed by atoms with Crippen molar-refractivity contribution in [2.45, 2.75) is 31.7 Å². The second kappa shape index (κ2) is 4.88. The van der Waals surface area contributed by atoms with E-state index in [1.807, 2.05) is 47.4 Å². The first-order valence-corrected chi connectivity index (χ1v) is 6.67. The normalized spacial score (nSPS) is 22.5. The third-order valence-corrected chi connectivity index (χ3v) is 3.73. The van der Waals surface area contributed by atoms with E-state index in [4.69, 9.17) is 0 Å². The molecule has 98 valence electrons. The van der Waals surface area contributed by atoms with Crippen LogP contribution in [-0.2, 0) is 4.79 Å². The molecule has 2 aromatic rings. The van der Waals surface area contributed by atoms with Gasteiger partial charge in [-0.2, -0.15) is 5.10 Å². The lowest BCUT2D eigenvalue weighted by molar-refractivity contribution is -0.119. The lowest BCUT2D eigenvalue weighted by Gasteiger charge is -2.14. The molecular formula is C15H17N3O.